The van der Waals surface area contributed by atoms with Crippen LogP contribution >= 0.6 is 0 Å². The molecule has 0 fully saturated rings. The summed E-state index contributed by atoms with van der Waals surface area (Å²) in [6.45, 7) is 1.86. The highest BCUT2D eigenvalue weighted by Crippen LogP contribution is 2.17. The quantitative estimate of drug-likeness (QED) is 0.414. The minimum Gasteiger partial charge on any atom is -0.387 e. The zero-order chi connectivity index (χ0) is 13.4. The molecule has 1 unspecified atom stereocenters. The van der Waals surface area contributed by atoms with Gasteiger partial charge in [0.15, 0.2) is 0 Å². The van der Waals surface area contributed by atoms with E-state index >= 15 is 0 Å². The number of hydrogen-bond donors (Lipinski definition) is 2. The van der Waals surface area contributed by atoms with Crippen molar-refractivity contribution in [2.75, 3.05) is 26.8 Å². The maximum absolute atomic E-state index is 10.5. The van der Waals surface area contributed by atoms with Gasteiger partial charge in [-0.05, 0) is 30.7 Å². The van der Waals surface area contributed by atoms with Crippen molar-refractivity contribution in [1.29, 1.82) is 0 Å². The van der Waals surface area contributed by atoms with Crippen LogP contribution in [0.15, 0.2) is 24.3 Å². The van der Waals surface area contributed by atoms with E-state index < -0.39 is 11.0 Å². The van der Waals surface area contributed by atoms with Crippen molar-refractivity contribution in [2.45, 2.75) is 12.5 Å². The number of nitrogens with zero attached hydrogens (tertiary/aromatic N) is 1. The Morgan fingerprint density at radius 2 is 2.11 bits per heavy atom. The molecule has 0 saturated heterocycles. The molecular formula is C12H18N2O4. The molecule has 0 bridgehead atoms. The standard InChI is InChI=1S/C12H18N2O4/c1-18-8-2-7-13-9-12(15)10-3-5-11(6-4-10)14(16)17/h3-6,12-13,15H,2,7-9H2,1H3. The third-order valence-corrected chi connectivity index (χ3v) is 2.53. The molecule has 6 heteroatoms. The van der Waals surface area contributed by atoms with Gasteiger partial charge >= 0.3 is 0 Å². The van der Waals surface area contributed by atoms with Gasteiger partial charge in [0.05, 0.1) is 11.0 Å². The smallest absolute Gasteiger partial charge is 0.269 e. The second kappa shape index (κ2) is 7.75. The fraction of sp³-hybridized carbons (Fsp3) is 0.500. The maximum atomic E-state index is 10.5. The van der Waals surface area contributed by atoms with Crippen LogP contribution in [0.3, 0.4) is 0 Å². The minimum atomic E-state index is -0.659. The minimum absolute atomic E-state index is 0.0269. The number of aliphatic hydroxyl groups excluding tert-OH is 1. The lowest BCUT2D eigenvalue weighted by atomic mass is 10.1. The van der Waals surface area contributed by atoms with Crippen LogP contribution in [0.5, 0.6) is 0 Å². The Labute approximate surface area is 106 Å². The Hall–Kier alpha value is -1.50. The number of nitro benzene ring substituents is 1. The van der Waals surface area contributed by atoms with Gasteiger partial charge in [0.25, 0.3) is 5.69 Å². The van der Waals surface area contributed by atoms with Crippen molar-refractivity contribution < 1.29 is 14.8 Å². The van der Waals surface area contributed by atoms with E-state index in [4.69, 9.17) is 4.74 Å². The van der Waals surface area contributed by atoms with Crippen LogP contribution in [-0.4, -0.2) is 36.8 Å². The summed E-state index contributed by atoms with van der Waals surface area (Å²) in [4.78, 5) is 10.0. The molecule has 0 heterocycles. The number of ether oxygens (including phenoxy) is 1. The third-order valence-electron chi connectivity index (χ3n) is 2.53. The van der Waals surface area contributed by atoms with Gasteiger partial charge < -0.3 is 15.2 Å². The number of benzene rings is 1. The summed E-state index contributed by atoms with van der Waals surface area (Å²) in [6.07, 6.45) is 0.220. The van der Waals surface area contributed by atoms with Crippen molar-refractivity contribution >= 4 is 5.69 Å². The molecule has 1 aromatic rings. The molecule has 0 saturated carbocycles. The number of aliphatic hydroxyl groups is 1. The van der Waals surface area contributed by atoms with Gasteiger partial charge in [0, 0.05) is 32.4 Å². The van der Waals surface area contributed by atoms with Gasteiger partial charge in [-0.15, -0.1) is 0 Å². The number of rotatable bonds is 8. The van der Waals surface area contributed by atoms with Gasteiger partial charge in [-0.2, -0.15) is 0 Å². The van der Waals surface area contributed by atoms with Crippen LogP contribution in [0, 0.1) is 10.1 Å². The lowest BCUT2D eigenvalue weighted by Crippen LogP contribution is -2.23. The van der Waals surface area contributed by atoms with E-state index in [1.807, 2.05) is 0 Å². The molecule has 0 radical (unpaired) electrons. The molecule has 0 aromatic heterocycles. The Bertz CT molecular complexity index is 367. The Morgan fingerprint density at radius 3 is 2.67 bits per heavy atom. The first-order valence-electron chi connectivity index (χ1n) is 5.77. The van der Waals surface area contributed by atoms with E-state index in [0.717, 1.165) is 13.0 Å². The van der Waals surface area contributed by atoms with E-state index in [9.17, 15) is 15.2 Å². The molecule has 0 amide bonds. The zero-order valence-electron chi connectivity index (χ0n) is 10.3. The topological polar surface area (TPSA) is 84.6 Å². The number of nitro groups is 1. The Kier molecular flexibility index (Phi) is 6.27. The van der Waals surface area contributed by atoms with Crippen LogP contribution < -0.4 is 5.32 Å². The number of non-ortho nitro benzene ring substituents is 1. The summed E-state index contributed by atoms with van der Waals surface area (Å²) in [5, 5.41) is 23.4. The molecule has 0 spiro atoms. The average Bonchev–Trinajstić information content (AvgIpc) is 2.38. The summed E-state index contributed by atoms with van der Waals surface area (Å²) < 4.78 is 4.90. The van der Waals surface area contributed by atoms with Gasteiger partial charge in [-0.1, -0.05) is 0 Å². The fourth-order valence-corrected chi connectivity index (χ4v) is 1.52. The average molecular weight is 254 g/mol. The molecule has 1 atom stereocenters. The maximum Gasteiger partial charge on any atom is 0.269 e. The largest absolute Gasteiger partial charge is 0.387 e. The van der Waals surface area contributed by atoms with E-state index in [0.29, 0.717) is 18.7 Å². The van der Waals surface area contributed by atoms with Crippen LogP contribution in [0.2, 0.25) is 0 Å². The second-order valence-corrected chi connectivity index (χ2v) is 3.91. The fourth-order valence-electron chi connectivity index (χ4n) is 1.52. The Morgan fingerprint density at radius 1 is 1.44 bits per heavy atom. The first kappa shape index (κ1) is 14.6. The van der Waals surface area contributed by atoms with E-state index in [1.54, 1.807) is 19.2 Å². The third kappa shape index (κ3) is 4.79. The molecule has 2 N–H and O–H groups in total. The first-order chi connectivity index (χ1) is 8.65. The summed E-state index contributed by atoms with van der Waals surface area (Å²) in [6, 6.07) is 5.92. The van der Waals surface area contributed by atoms with E-state index in [2.05, 4.69) is 5.32 Å². The summed E-state index contributed by atoms with van der Waals surface area (Å²) >= 11 is 0. The molecule has 6 nitrogen and oxygen atoms in total. The van der Waals surface area contributed by atoms with E-state index in [-0.39, 0.29) is 5.69 Å². The normalized spacial score (nSPS) is 12.3. The SMILES string of the molecule is COCCCNCC(O)c1ccc([N+](=O)[O-])cc1. The predicted molar refractivity (Wildman–Crippen MR) is 67.4 cm³/mol. The molecule has 100 valence electrons. The van der Waals surface area contributed by atoms with Gasteiger partial charge in [-0.3, -0.25) is 10.1 Å². The summed E-state index contributed by atoms with van der Waals surface area (Å²) in [7, 11) is 1.64. The molecule has 0 aliphatic heterocycles. The van der Waals surface area contributed by atoms with Crippen LogP contribution in [0.4, 0.5) is 5.69 Å². The summed E-state index contributed by atoms with van der Waals surface area (Å²) in [5.41, 5.74) is 0.693. The molecule has 1 rings (SSSR count). The van der Waals surface area contributed by atoms with Crippen molar-refractivity contribution in [3.8, 4) is 0 Å². The van der Waals surface area contributed by atoms with Gasteiger partial charge in [0.1, 0.15) is 0 Å². The van der Waals surface area contributed by atoms with Crippen molar-refractivity contribution in [3.05, 3.63) is 39.9 Å². The van der Waals surface area contributed by atoms with Crippen LogP contribution in [0.1, 0.15) is 18.1 Å². The monoisotopic (exact) mass is 254 g/mol. The lowest BCUT2D eigenvalue weighted by Gasteiger charge is -2.11. The molecular weight excluding hydrogens is 236 g/mol. The van der Waals surface area contributed by atoms with Crippen LogP contribution in [-0.2, 0) is 4.74 Å². The first-order valence-corrected chi connectivity index (χ1v) is 5.77. The molecule has 0 aliphatic carbocycles. The van der Waals surface area contributed by atoms with Crippen LogP contribution in [0.25, 0.3) is 0 Å². The highest BCUT2D eigenvalue weighted by Gasteiger charge is 2.09. The van der Waals surface area contributed by atoms with E-state index in [1.165, 1.54) is 12.1 Å². The van der Waals surface area contributed by atoms with Crippen molar-refractivity contribution in [1.82, 2.24) is 5.32 Å². The Balaban J connectivity index is 2.37. The molecule has 1 aromatic carbocycles. The number of methoxy groups -OCH3 is 1. The molecule has 0 aliphatic rings. The summed E-state index contributed by atoms with van der Waals surface area (Å²) in [5.74, 6) is 0. The zero-order valence-corrected chi connectivity index (χ0v) is 10.3. The second-order valence-electron chi connectivity index (χ2n) is 3.91. The number of hydrogen-bond acceptors (Lipinski definition) is 5. The lowest BCUT2D eigenvalue weighted by molar-refractivity contribution is -0.384. The van der Waals surface area contributed by atoms with Gasteiger partial charge in [-0.25, -0.2) is 0 Å². The van der Waals surface area contributed by atoms with Gasteiger partial charge in [0.2, 0.25) is 0 Å². The highest BCUT2D eigenvalue weighted by atomic mass is 16.6. The van der Waals surface area contributed by atoms with Crippen molar-refractivity contribution in [3.63, 3.8) is 0 Å². The van der Waals surface area contributed by atoms with Crippen molar-refractivity contribution in [2.24, 2.45) is 0 Å². The molecule has 18 heavy (non-hydrogen) atoms. The number of nitrogens with one attached hydrogen (secondary N) is 1. The predicted octanol–water partition coefficient (Wildman–Crippen LogP) is 1.25. The highest BCUT2D eigenvalue weighted by molar-refractivity contribution is 5.33.